The van der Waals surface area contributed by atoms with Crippen LogP contribution in [0.5, 0.6) is 0 Å². The Bertz CT molecular complexity index is 457. The molecule has 0 radical (unpaired) electrons. The lowest BCUT2D eigenvalue weighted by Crippen LogP contribution is -2.41. The summed E-state index contributed by atoms with van der Waals surface area (Å²) in [5.41, 5.74) is 1.40. The minimum atomic E-state index is -0.167. The Morgan fingerprint density at radius 1 is 1.00 bits per heavy atom. The first-order valence-electron chi connectivity index (χ1n) is 6.82. The Kier molecular flexibility index (Phi) is 2.36. The van der Waals surface area contributed by atoms with Crippen molar-refractivity contribution in [1.82, 2.24) is 0 Å². The maximum Gasteiger partial charge on any atom is 0.183 e. The van der Waals surface area contributed by atoms with Crippen LogP contribution in [0.2, 0.25) is 0 Å². The van der Waals surface area contributed by atoms with Crippen LogP contribution in [0.4, 0.5) is 0 Å². The van der Waals surface area contributed by atoms with Gasteiger partial charge in [-0.15, -0.1) is 0 Å². The molecule has 2 atom stereocenters. The fraction of sp³-hybridized carbons (Fsp3) is 0.500. The van der Waals surface area contributed by atoms with E-state index in [1.165, 1.54) is 12.8 Å². The molecule has 2 bridgehead atoms. The van der Waals surface area contributed by atoms with Crippen molar-refractivity contribution in [3.8, 4) is 0 Å². The van der Waals surface area contributed by atoms with Crippen LogP contribution >= 0.6 is 0 Å². The van der Waals surface area contributed by atoms with Gasteiger partial charge in [0, 0.05) is 11.0 Å². The van der Waals surface area contributed by atoms with Crippen LogP contribution in [-0.2, 0) is 9.47 Å². The molecule has 1 heterocycles. The minimum absolute atomic E-state index is 0.167. The molecule has 18 heavy (non-hydrogen) atoms. The first-order chi connectivity index (χ1) is 8.86. The van der Waals surface area contributed by atoms with Crippen molar-refractivity contribution in [1.29, 1.82) is 0 Å². The zero-order chi connectivity index (χ0) is 12.0. The van der Waals surface area contributed by atoms with Gasteiger partial charge in [0.25, 0.3) is 0 Å². The van der Waals surface area contributed by atoms with E-state index in [-0.39, 0.29) is 11.7 Å². The Morgan fingerprint density at radius 2 is 1.78 bits per heavy atom. The fourth-order valence-corrected chi connectivity index (χ4v) is 3.76. The number of allylic oxidation sites excluding steroid dienone is 2. The average molecular weight is 242 g/mol. The second-order valence-corrected chi connectivity index (χ2v) is 5.92. The van der Waals surface area contributed by atoms with Crippen molar-refractivity contribution in [2.75, 3.05) is 13.2 Å². The smallest absolute Gasteiger partial charge is 0.183 e. The van der Waals surface area contributed by atoms with Gasteiger partial charge in [-0.25, -0.2) is 0 Å². The van der Waals surface area contributed by atoms with Crippen LogP contribution in [0, 0.1) is 17.3 Å². The summed E-state index contributed by atoms with van der Waals surface area (Å²) in [6.07, 6.45) is 7.14. The summed E-state index contributed by atoms with van der Waals surface area (Å²) >= 11 is 0. The molecule has 2 nitrogen and oxygen atoms in total. The Morgan fingerprint density at radius 3 is 2.39 bits per heavy atom. The van der Waals surface area contributed by atoms with Crippen molar-refractivity contribution >= 4 is 0 Å². The maximum atomic E-state index is 6.00. The number of hydrogen-bond donors (Lipinski definition) is 0. The van der Waals surface area contributed by atoms with E-state index in [0.717, 1.165) is 24.7 Å². The highest BCUT2D eigenvalue weighted by molar-refractivity contribution is 5.19. The highest BCUT2D eigenvalue weighted by Crippen LogP contribution is 2.54. The number of ether oxygens (including phenoxy) is 2. The second kappa shape index (κ2) is 3.94. The molecule has 1 saturated carbocycles. The van der Waals surface area contributed by atoms with E-state index >= 15 is 0 Å². The van der Waals surface area contributed by atoms with Gasteiger partial charge in [0.1, 0.15) is 0 Å². The van der Waals surface area contributed by atoms with Crippen molar-refractivity contribution in [2.45, 2.75) is 19.1 Å². The van der Waals surface area contributed by atoms with E-state index in [1.807, 2.05) is 18.2 Å². The van der Waals surface area contributed by atoms with Gasteiger partial charge in [0.05, 0.1) is 13.2 Å². The second-order valence-electron chi connectivity index (χ2n) is 5.92. The summed E-state index contributed by atoms with van der Waals surface area (Å²) in [6.45, 7) is 1.69. The van der Waals surface area contributed by atoms with Crippen LogP contribution in [-0.4, -0.2) is 13.2 Å². The van der Waals surface area contributed by atoms with Crippen LogP contribution in [0.25, 0.3) is 0 Å². The van der Waals surface area contributed by atoms with E-state index in [1.54, 1.807) is 0 Å². The lowest BCUT2D eigenvalue weighted by Gasteiger charge is -2.41. The molecule has 1 aliphatic heterocycles. The van der Waals surface area contributed by atoms with E-state index < -0.39 is 0 Å². The van der Waals surface area contributed by atoms with E-state index in [4.69, 9.17) is 9.47 Å². The number of fused-ring (bicyclic) bond motifs is 3. The molecule has 2 aliphatic carbocycles. The number of rotatable bonds is 1. The van der Waals surface area contributed by atoms with Crippen LogP contribution in [0.15, 0.2) is 42.5 Å². The molecule has 1 aromatic rings. The Balaban J connectivity index is 1.49. The molecule has 2 heteroatoms. The lowest BCUT2D eigenvalue weighted by molar-refractivity contribution is -0.239. The van der Waals surface area contributed by atoms with E-state index in [0.29, 0.717) is 5.92 Å². The van der Waals surface area contributed by atoms with Gasteiger partial charge in [-0.05, 0) is 24.7 Å². The molecule has 1 saturated heterocycles. The third kappa shape index (κ3) is 1.56. The summed E-state index contributed by atoms with van der Waals surface area (Å²) in [6, 6.07) is 10.2. The molecular weight excluding hydrogens is 224 g/mol. The molecule has 4 rings (SSSR count). The quantitative estimate of drug-likeness (QED) is 0.703. The normalized spacial score (nSPS) is 41.7. The van der Waals surface area contributed by atoms with Gasteiger partial charge in [0.2, 0.25) is 0 Å². The molecule has 0 amide bonds. The van der Waals surface area contributed by atoms with Crippen LogP contribution in [0.1, 0.15) is 24.7 Å². The molecule has 0 aromatic heterocycles. The zero-order valence-corrected chi connectivity index (χ0v) is 10.4. The average Bonchev–Trinajstić information content (AvgIpc) is 3.01. The van der Waals surface area contributed by atoms with Crippen molar-refractivity contribution in [2.24, 2.45) is 17.3 Å². The molecule has 2 fully saturated rings. The van der Waals surface area contributed by atoms with Crippen LogP contribution in [0.3, 0.4) is 0 Å². The predicted octanol–water partition coefficient (Wildman–Crippen LogP) is 3.31. The standard InChI is InChI=1S/C16H18O2/c1-2-4-13(5-3-1)15-17-10-16(11-18-15)9-12-6-7-14(16)8-12/h1-7,12,14-15H,8-11H2. The summed E-state index contributed by atoms with van der Waals surface area (Å²) in [7, 11) is 0. The summed E-state index contributed by atoms with van der Waals surface area (Å²) < 4.78 is 12.0. The molecule has 2 unspecified atom stereocenters. The van der Waals surface area contributed by atoms with Gasteiger partial charge in [-0.2, -0.15) is 0 Å². The summed E-state index contributed by atoms with van der Waals surface area (Å²) in [4.78, 5) is 0. The zero-order valence-electron chi connectivity index (χ0n) is 10.4. The van der Waals surface area contributed by atoms with Gasteiger partial charge in [-0.3, -0.25) is 0 Å². The van der Waals surface area contributed by atoms with Gasteiger partial charge >= 0.3 is 0 Å². The maximum absolute atomic E-state index is 6.00. The van der Waals surface area contributed by atoms with E-state index in [9.17, 15) is 0 Å². The lowest BCUT2D eigenvalue weighted by atomic mass is 9.76. The SMILES string of the molecule is C1=CC2CC1CC21COC(c2ccccc2)OC1. The largest absolute Gasteiger partial charge is 0.348 e. The van der Waals surface area contributed by atoms with Crippen molar-refractivity contribution < 1.29 is 9.47 Å². The van der Waals surface area contributed by atoms with Crippen molar-refractivity contribution in [3.05, 3.63) is 48.0 Å². The van der Waals surface area contributed by atoms with Crippen LogP contribution < -0.4 is 0 Å². The Hall–Kier alpha value is -1.12. The third-order valence-electron chi connectivity index (χ3n) is 4.74. The first kappa shape index (κ1) is 10.8. The molecule has 0 N–H and O–H groups in total. The van der Waals surface area contributed by atoms with E-state index in [2.05, 4.69) is 24.3 Å². The Labute approximate surface area is 108 Å². The summed E-state index contributed by atoms with van der Waals surface area (Å²) in [5, 5.41) is 0. The first-order valence-corrected chi connectivity index (χ1v) is 6.82. The van der Waals surface area contributed by atoms with Gasteiger partial charge < -0.3 is 9.47 Å². The minimum Gasteiger partial charge on any atom is -0.348 e. The molecule has 94 valence electrons. The molecule has 3 aliphatic rings. The fourth-order valence-electron chi connectivity index (χ4n) is 3.76. The van der Waals surface area contributed by atoms with Crippen molar-refractivity contribution in [3.63, 3.8) is 0 Å². The highest BCUT2D eigenvalue weighted by Gasteiger charge is 2.51. The molecule has 1 aromatic carbocycles. The van der Waals surface area contributed by atoms with Gasteiger partial charge in [-0.1, -0.05) is 42.5 Å². The monoisotopic (exact) mass is 242 g/mol. The molecular formula is C16H18O2. The topological polar surface area (TPSA) is 18.5 Å². The summed E-state index contributed by atoms with van der Waals surface area (Å²) in [5.74, 6) is 1.45. The third-order valence-corrected chi connectivity index (χ3v) is 4.74. The number of benzene rings is 1. The number of hydrogen-bond acceptors (Lipinski definition) is 2. The van der Waals surface area contributed by atoms with Gasteiger partial charge in [0.15, 0.2) is 6.29 Å². The predicted molar refractivity (Wildman–Crippen MR) is 68.9 cm³/mol. The molecule has 1 spiro atoms. The highest BCUT2D eigenvalue weighted by atomic mass is 16.7.